The number of aryl methyl sites for hydroxylation is 1. The van der Waals surface area contributed by atoms with E-state index in [0.29, 0.717) is 29.7 Å². The minimum Gasteiger partial charge on any atom is -0.330 e. The maximum Gasteiger partial charge on any atom is 0.276 e. The number of rotatable bonds is 3. The molecule has 0 aliphatic carbocycles. The standard InChI is InChI=1S/C20H23N5O2/c1-3-15-13(2)22-18-11-16(23-25(18)20(15)27)17-8-4-5-10-24(17)19(26)14-7-6-9-21-12-14/h6-7,9,11-12,17,23H,3-5,8,10H2,1-2H3/t17-/m1/s1. The van der Waals surface area contributed by atoms with E-state index in [1.807, 2.05) is 24.8 Å². The third kappa shape index (κ3) is 3.03. The number of piperidine rings is 1. The largest absolute Gasteiger partial charge is 0.330 e. The smallest absolute Gasteiger partial charge is 0.276 e. The van der Waals surface area contributed by atoms with Crippen LogP contribution in [0.1, 0.15) is 59.5 Å². The summed E-state index contributed by atoms with van der Waals surface area (Å²) in [7, 11) is 0. The number of pyridine rings is 1. The molecule has 1 fully saturated rings. The molecule has 0 spiro atoms. The van der Waals surface area contributed by atoms with Crippen molar-refractivity contribution in [3.63, 3.8) is 0 Å². The monoisotopic (exact) mass is 365 g/mol. The maximum absolute atomic E-state index is 13.0. The van der Waals surface area contributed by atoms with Gasteiger partial charge in [0.05, 0.1) is 17.3 Å². The Labute approximate surface area is 157 Å². The summed E-state index contributed by atoms with van der Waals surface area (Å²) >= 11 is 0. The van der Waals surface area contributed by atoms with Gasteiger partial charge < -0.3 is 4.90 Å². The van der Waals surface area contributed by atoms with Crippen LogP contribution in [0.4, 0.5) is 0 Å². The lowest BCUT2D eigenvalue weighted by molar-refractivity contribution is 0.0605. The number of nitrogens with one attached hydrogen (secondary N) is 1. The van der Waals surface area contributed by atoms with Crippen LogP contribution >= 0.6 is 0 Å². The van der Waals surface area contributed by atoms with Crippen molar-refractivity contribution in [2.75, 3.05) is 6.54 Å². The number of hydrogen-bond acceptors (Lipinski definition) is 4. The first-order chi connectivity index (χ1) is 13.1. The predicted molar refractivity (Wildman–Crippen MR) is 102 cm³/mol. The number of likely N-dealkylation sites (tertiary alicyclic amines) is 1. The van der Waals surface area contributed by atoms with Crippen LogP contribution in [0.25, 0.3) is 5.65 Å². The number of carbonyl (C=O) groups excluding carboxylic acids is 1. The Hall–Kier alpha value is -2.96. The molecule has 0 saturated carbocycles. The van der Waals surface area contributed by atoms with E-state index >= 15 is 0 Å². The van der Waals surface area contributed by atoms with E-state index in [1.54, 1.807) is 24.5 Å². The molecule has 27 heavy (non-hydrogen) atoms. The number of H-pyrrole nitrogens is 1. The first-order valence-corrected chi connectivity index (χ1v) is 9.42. The van der Waals surface area contributed by atoms with Gasteiger partial charge in [0, 0.05) is 36.3 Å². The molecule has 4 heterocycles. The van der Waals surface area contributed by atoms with E-state index in [-0.39, 0.29) is 17.5 Å². The van der Waals surface area contributed by atoms with Gasteiger partial charge in [-0.3, -0.25) is 19.7 Å². The number of fused-ring (bicyclic) bond motifs is 1. The summed E-state index contributed by atoms with van der Waals surface area (Å²) in [5, 5.41) is 3.20. The molecule has 7 heteroatoms. The molecule has 0 bridgehead atoms. The Bertz CT molecular complexity index is 1040. The van der Waals surface area contributed by atoms with E-state index in [4.69, 9.17) is 0 Å². The molecule has 1 aliphatic rings. The van der Waals surface area contributed by atoms with Crippen molar-refractivity contribution < 1.29 is 4.79 Å². The Balaban J connectivity index is 1.75. The van der Waals surface area contributed by atoms with Crippen LogP contribution in [0.3, 0.4) is 0 Å². The zero-order valence-electron chi connectivity index (χ0n) is 15.6. The van der Waals surface area contributed by atoms with Crippen molar-refractivity contribution in [3.8, 4) is 0 Å². The number of aromatic amines is 1. The normalized spacial score (nSPS) is 17.4. The second-order valence-corrected chi connectivity index (χ2v) is 6.99. The molecular weight excluding hydrogens is 342 g/mol. The number of amides is 1. The van der Waals surface area contributed by atoms with Crippen molar-refractivity contribution in [1.29, 1.82) is 0 Å². The molecule has 1 atom stereocenters. The molecule has 1 saturated heterocycles. The van der Waals surface area contributed by atoms with E-state index in [0.717, 1.165) is 30.7 Å². The van der Waals surface area contributed by atoms with E-state index in [9.17, 15) is 9.59 Å². The van der Waals surface area contributed by atoms with Crippen LogP contribution < -0.4 is 5.56 Å². The first-order valence-electron chi connectivity index (χ1n) is 9.42. The molecule has 3 aromatic heterocycles. The summed E-state index contributed by atoms with van der Waals surface area (Å²) in [5.41, 5.74) is 3.45. The van der Waals surface area contributed by atoms with Gasteiger partial charge in [-0.05, 0) is 44.7 Å². The summed E-state index contributed by atoms with van der Waals surface area (Å²) in [6.07, 6.45) is 6.77. The summed E-state index contributed by atoms with van der Waals surface area (Å²) < 4.78 is 1.50. The maximum atomic E-state index is 13.0. The van der Waals surface area contributed by atoms with Gasteiger partial charge in [-0.1, -0.05) is 6.92 Å². The fraction of sp³-hybridized carbons (Fsp3) is 0.400. The quantitative estimate of drug-likeness (QED) is 0.773. The van der Waals surface area contributed by atoms with E-state index in [1.165, 1.54) is 4.52 Å². The lowest BCUT2D eigenvalue weighted by Crippen LogP contribution is -2.38. The third-order valence-electron chi connectivity index (χ3n) is 5.32. The van der Waals surface area contributed by atoms with Crippen molar-refractivity contribution >= 4 is 11.6 Å². The highest BCUT2D eigenvalue weighted by molar-refractivity contribution is 5.94. The van der Waals surface area contributed by atoms with Crippen molar-refractivity contribution in [1.82, 2.24) is 24.5 Å². The van der Waals surface area contributed by atoms with E-state index in [2.05, 4.69) is 15.1 Å². The van der Waals surface area contributed by atoms with E-state index < -0.39 is 0 Å². The van der Waals surface area contributed by atoms with Gasteiger partial charge in [0.1, 0.15) is 0 Å². The van der Waals surface area contributed by atoms with Crippen LogP contribution in [0.15, 0.2) is 35.4 Å². The van der Waals surface area contributed by atoms with Gasteiger partial charge in [-0.25, -0.2) is 9.50 Å². The lowest BCUT2D eigenvalue weighted by atomic mass is 9.98. The molecule has 0 radical (unpaired) electrons. The summed E-state index contributed by atoms with van der Waals surface area (Å²) in [4.78, 5) is 36.2. The Morgan fingerprint density at radius 2 is 2.22 bits per heavy atom. The second kappa shape index (κ2) is 6.98. The second-order valence-electron chi connectivity index (χ2n) is 6.99. The van der Waals surface area contributed by atoms with Gasteiger partial charge in [-0.15, -0.1) is 0 Å². The van der Waals surface area contributed by atoms with Crippen LogP contribution in [0.2, 0.25) is 0 Å². The van der Waals surface area contributed by atoms with Crippen LogP contribution in [-0.4, -0.2) is 36.9 Å². The number of aromatic nitrogens is 4. The fourth-order valence-electron chi connectivity index (χ4n) is 3.92. The van der Waals surface area contributed by atoms with Crippen molar-refractivity contribution in [2.24, 2.45) is 0 Å². The fourth-order valence-corrected chi connectivity index (χ4v) is 3.92. The Kier molecular flexibility index (Phi) is 4.51. The average Bonchev–Trinajstić information content (AvgIpc) is 3.12. The lowest BCUT2D eigenvalue weighted by Gasteiger charge is -2.35. The molecule has 0 unspecified atom stereocenters. The van der Waals surface area contributed by atoms with Crippen molar-refractivity contribution in [3.05, 3.63) is 63.5 Å². The minimum atomic E-state index is -0.0991. The topological polar surface area (TPSA) is 83.4 Å². The molecule has 4 rings (SSSR count). The third-order valence-corrected chi connectivity index (χ3v) is 5.32. The Morgan fingerprint density at radius 1 is 1.37 bits per heavy atom. The molecule has 140 valence electrons. The molecule has 1 aliphatic heterocycles. The van der Waals surface area contributed by atoms with Gasteiger partial charge in [0.2, 0.25) is 0 Å². The first kappa shape index (κ1) is 17.5. The van der Waals surface area contributed by atoms with Gasteiger partial charge >= 0.3 is 0 Å². The van der Waals surface area contributed by atoms with Crippen molar-refractivity contribution in [2.45, 2.75) is 45.6 Å². The zero-order valence-corrected chi connectivity index (χ0v) is 15.6. The minimum absolute atomic E-state index is 0.0304. The molecule has 1 N–H and O–H groups in total. The summed E-state index contributed by atoms with van der Waals surface area (Å²) in [6.45, 7) is 4.51. The SMILES string of the molecule is CCc1c(C)nc2cc([C@H]3CCCCN3C(=O)c3cccnc3)[nH]n2c1=O. The van der Waals surface area contributed by atoms with Gasteiger partial charge in [0.15, 0.2) is 5.65 Å². The zero-order chi connectivity index (χ0) is 19.0. The number of carbonyl (C=O) groups is 1. The highest BCUT2D eigenvalue weighted by atomic mass is 16.2. The average molecular weight is 365 g/mol. The molecule has 3 aromatic rings. The molecular formula is C20H23N5O2. The summed E-state index contributed by atoms with van der Waals surface area (Å²) in [5.74, 6) is -0.0304. The van der Waals surface area contributed by atoms with Crippen LogP contribution in [0, 0.1) is 6.92 Å². The highest BCUT2D eigenvalue weighted by Gasteiger charge is 2.30. The number of nitrogens with zero attached hydrogens (tertiary/aromatic N) is 4. The molecule has 0 aromatic carbocycles. The number of hydrogen-bond donors (Lipinski definition) is 1. The van der Waals surface area contributed by atoms with Crippen LogP contribution in [0.5, 0.6) is 0 Å². The predicted octanol–water partition coefficient (Wildman–Crippen LogP) is 2.66. The van der Waals surface area contributed by atoms with Gasteiger partial charge in [0.25, 0.3) is 11.5 Å². The van der Waals surface area contributed by atoms with Gasteiger partial charge in [-0.2, -0.15) is 0 Å². The summed E-state index contributed by atoms with van der Waals surface area (Å²) in [6, 6.07) is 5.36. The molecule has 7 nitrogen and oxygen atoms in total. The Morgan fingerprint density at radius 3 is 2.96 bits per heavy atom. The molecule has 1 amide bonds. The van der Waals surface area contributed by atoms with Crippen LogP contribution in [-0.2, 0) is 6.42 Å². The highest BCUT2D eigenvalue weighted by Crippen LogP contribution is 2.31.